The van der Waals surface area contributed by atoms with Crippen molar-refractivity contribution in [2.45, 2.75) is 35.4 Å². The van der Waals surface area contributed by atoms with Crippen molar-refractivity contribution in [3.8, 4) is 0 Å². The third-order valence-electron chi connectivity index (χ3n) is 3.09. The van der Waals surface area contributed by atoms with E-state index in [1.165, 1.54) is 35.9 Å². The zero-order chi connectivity index (χ0) is 14.8. The van der Waals surface area contributed by atoms with Crippen LogP contribution in [-0.4, -0.2) is 27.3 Å². The second kappa shape index (κ2) is 6.34. The summed E-state index contributed by atoms with van der Waals surface area (Å²) in [5, 5.41) is 12.8. The Kier molecular flexibility index (Phi) is 4.47. The van der Waals surface area contributed by atoms with Crippen molar-refractivity contribution in [2.75, 3.05) is 5.32 Å². The first-order valence-corrected chi connectivity index (χ1v) is 8.76. The minimum absolute atomic E-state index is 0.0727. The van der Waals surface area contributed by atoms with Crippen molar-refractivity contribution in [1.82, 2.24) is 10.2 Å². The van der Waals surface area contributed by atoms with Crippen molar-refractivity contribution in [2.24, 2.45) is 0 Å². The molecule has 1 aliphatic rings. The van der Waals surface area contributed by atoms with E-state index in [1.807, 2.05) is 6.92 Å². The quantitative estimate of drug-likeness (QED) is 0.633. The van der Waals surface area contributed by atoms with Gasteiger partial charge in [-0.15, -0.1) is 10.2 Å². The maximum Gasteiger partial charge on any atom is 0.206 e. The topological polar surface area (TPSA) is 54.9 Å². The number of hydrogen-bond acceptors (Lipinski definition) is 6. The van der Waals surface area contributed by atoms with E-state index in [0.717, 1.165) is 9.47 Å². The van der Waals surface area contributed by atoms with Gasteiger partial charge in [0.25, 0.3) is 0 Å². The zero-order valence-electron chi connectivity index (χ0n) is 11.4. The predicted octanol–water partition coefficient (Wildman–Crippen LogP) is 4.13. The summed E-state index contributed by atoms with van der Waals surface area (Å²) < 4.78 is 0.813. The molecule has 0 saturated heterocycles. The lowest BCUT2D eigenvalue weighted by Crippen LogP contribution is -2.13. The number of anilines is 1. The van der Waals surface area contributed by atoms with Crippen molar-refractivity contribution < 1.29 is 4.79 Å². The fourth-order valence-electron chi connectivity index (χ4n) is 1.77. The smallest absolute Gasteiger partial charge is 0.206 e. The van der Waals surface area contributed by atoms with Gasteiger partial charge in [0.1, 0.15) is 0 Å². The summed E-state index contributed by atoms with van der Waals surface area (Å²) in [5.41, 5.74) is 0.667. The van der Waals surface area contributed by atoms with Crippen molar-refractivity contribution in [3.63, 3.8) is 0 Å². The normalized spacial score (nSPS) is 15.7. The lowest BCUT2D eigenvalue weighted by atomic mass is 10.1. The predicted molar refractivity (Wildman–Crippen MR) is 87.7 cm³/mol. The average Bonchev–Trinajstić information content (AvgIpc) is 3.18. The third kappa shape index (κ3) is 3.96. The van der Waals surface area contributed by atoms with E-state index in [0.29, 0.717) is 16.6 Å². The van der Waals surface area contributed by atoms with E-state index in [-0.39, 0.29) is 11.0 Å². The molecule has 0 amide bonds. The summed E-state index contributed by atoms with van der Waals surface area (Å²) in [5.74, 6) is 0.0727. The van der Waals surface area contributed by atoms with Crippen LogP contribution >= 0.6 is 34.7 Å². The van der Waals surface area contributed by atoms with Gasteiger partial charge in [0.05, 0.1) is 5.25 Å². The minimum Gasteiger partial charge on any atom is -0.357 e. The fourth-order valence-corrected chi connectivity index (χ4v) is 3.95. The van der Waals surface area contributed by atoms with Crippen LogP contribution in [0.4, 0.5) is 5.13 Å². The van der Waals surface area contributed by atoms with Gasteiger partial charge in [0.15, 0.2) is 10.1 Å². The molecule has 1 N–H and O–H groups in total. The second-order valence-corrected chi connectivity index (χ2v) is 7.92. The van der Waals surface area contributed by atoms with Gasteiger partial charge in [-0.2, -0.15) is 0 Å². The Morgan fingerprint density at radius 3 is 2.76 bits per heavy atom. The Morgan fingerprint density at radius 1 is 1.38 bits per heavy atom. The van der Waals surface area contributed by atoms with E-state index in [2.05, 4.69) is 15.5 Å². The molecule has 3 rings (SSSR count). The van der Waals surface area contributed by atoms with Gasteiger partial charge in [0, 0.05) is 16.6 Å². The van der Waals surface area contributed by atoms with Crippen LogP contribution < -0.4 is 5.32 Å². The molecule has 1 aromatic heterocycles. The van der Waals surface area contributed by atoms with Gasteiger partial charge in [-0.1, -0.05) is 34.7 Å². The number of nitrogens with zero attached hydrogens (tertiary/aromatic N) is 2. The summed E-state index contributed by atoms with van der Waals surface area (Å²) in [6, 6.07) is 7.52. The number of Topliss-reactive ketones (excluding diaryl/α,β-unsaturated/α-hetero) is 1. The molecule has 1 saturated carbocycles. The van der Waals surface area contributed by atoms with Crippen molar-refractivity contribution >= 4 is 45.6 Å². The fraction of sp³-hybridized carbons (Fsp3) is 0.357. The van der Waals surface area contributed by atoms with Gasteiger partial charge in [0.2, 0.25) is 5.13 Å². The Balaban J connectivity index is 1.61. The molecular weight excluding hydrogens is 326 g/mol. The molecule has 0 spiro atoms. The van der Waals surface area contributed by atoms with E-state index in [1.54, 1.807) is 24.3 Å². The maximum atomic E-state index is 12.3. The van der Waals surface area contributed by atoms with Crippen LogP contribution in [0.1, 0.15) is 30.1 Å². The Bertz CT molecular complexity index is 640. The Morgan fingerprint density at radius 2 is 2.10 bits per heavy atom. The van der Waals surface area contributed by atoms with Crippen LogP contribution in [0.15, 0.2) is 28.6 Å². The molecule has 1 aliphatic carbocycles. The van der Waals surface area contributed by atoms with E-state index in [4.69, 9.17) is 11.6 Å². The SMILES string of the molecule is CC(Sc1nnc(NC2CC2)s1)C(=O)c1ccc(Cl)cc1. The largest absolute Gasteiger partial charge is 0.357 e. The summed E-state index contributed by atoms with van der Waals surface area (Å²) in [7, 11) is 0. The standard InChI is InChI=1S/C14H14ClN3OS2/c1-8(12(19)9-2-4-10(15)5-3-9)20-14-18-17-13(21-14)16-11-6-7-11/h2-5,8,11H,6-7H2,1H3,(H,16,17). The molecule has 4 nitrogen and oxygen atoms in total. The number of thioether (sulfide) groups is 1. The van der Waals surface area contributed by atoms with Crippen molar-refractivity contribution in [3.05, 3.63) is 34.9 Å². The maximum absolute atomic E-state index is 12.3. The van der Waals surface area contributed by atoms with Gasteiger partial charge in [-0.05, 0) is 44.0 Å². The number of halogens is 1. The average molecular weight is 340 g/mol. The number of hydrogen-bond donors (Lipinski definition) is 1. The minimum atomic E-state index is -0.201. The number of rotatable bonds is 6. The monoisotopic (exact) mass is 339 g/mol. The molecule has 0 radical (unpaired) electrons. The molecule has 7 heteroatoms. The lowest BCUT2D eigenvalue weighted by molar-refractivity contribution is 0.0994. The van der Waals surface area contributed by atoms with E-state index >= 15 is 0 Å². The van der Waals surface area contributed by atoms with E-state index < -0.39 is 0 Å². The van der Waals surface area contributed by atoms with Crippen LogP contribution in [0.25, 0.3) is 0 Å². The Labute approximate surface area is 136 Å². The molecule has 2 aromatic rings. The summed E-state index contributed by atoms with van der Waals surface area (Å²) in [4.78, 5) is 12.3. The summed E-state index contributed by atoms with van der Waals surface area (Å²) in [6.07, 6.45) is 2.40. The molecular formula is C14H14ClN3OS2. The lowest BCUT2D eigenvalue weighted by Gasteiger charge is -2.07. The van der Waals surface area contributed by atoms with Gasteiger partial charge in [-0.3, -0.25) is 4.79 Å². The van der Waals surface area contributed by atoms with Crippen molar-refractivity contribution in [1.29, 1.82) is 0 Å². The summed E-state index contributed by atoms with van der Waals surface area (Å²) in [6.45, 7) is 1.89. The number of benzene rings is 1. The van der Waals surface area contributed by atoms with E-state index in [9.17, 15) is 4.79 Å². The first kappa shape index (κ1) is 14.8. The van der Waals surface area contributed by atoms with Crippen LogP contribution in [0.2, 0.25) is 5.02 Å². The first-order chi connectivity index (χ1) is 10.1. The highest BCUT2D eigenvalue weighted by Crippen LogP contribution is 2.32. The molecule has 0 aliphatic heterocycles. The Hall–Kier alpha value is -1.11. The summed E-state index contributed by atoms with van der Waals surface area (Å²) >= 11 is 8.78. The molecule has 0 bridgehead atoms. The molecule has 1 heterocycles. The van der Waals surface area contributed by atoms with Gasteiger partial charge < -0.3 is 5.32 Å². The first-order valence-electron chi connectivity index (χ1n) is 6.68. The van der Waals surface area contributed by atoms with Crippen LogP contribution in [0.3, 0.4) is 0 Å². The number of carbonyl (C=O) groups is 1. The molecule has 1 fully saturated rings. The van der Waals surface area contributed by atoms with Crippen LogP contribution in [-0.2, 0) is 0 Å². The second-order valence-electron chi connectivity index (χ2n) is 4.92. The van der Waals surface area contributed by atoms with Gasteiger partial charge >= 0.3 is 0 Å². The highest BCUT2D eigenvalue weighted by molar-refractivity contribution is 8.02. The molecule has 1 atom stereocenters. The number of ketones is 1. The number of aromatic nitrogens is 2. The highest BCUT2D eigenvalue weighted by atomic mass is 35.5. The van der Waals surface area contributed by atoms with Crippen LogP contribution in [0.5, 0.6) is 0 Å². The molecule has 21 heavy (non-hydrogen) atoms. The molecule has 1 unspecified atom stereocenters. The van der Waals surface area contributed by atoms with Crippen LogP contribution in [0, 0.1) is 0 Å². The molecule has 110 valence electrons. The third-order valence-corrected chi connectivity index (χ3v) is 5.38. The number of carbonyl (C=O) groups excluding carboxylic acids is 1. The number of nitrogens with one attached hydrogen (secondary N) is 1. The zero-order valence-corrected chi connectivity index (χ0v) is 13.8. The van der Waals surface area contributed by atoms with Gasteiger partial charge in [-0.25, -0.2) is 0 Å². The molecule has 1 aromatic carbocycles. The highest BCUT2D eigenvalue weighted by Gasteiger charge is 2.23.